The highest BCUT2D eigenvalue weighted by molar-refractivity contribution is 7.19. The highest BCUT2D eigenvalue weighted by atomic mass is 35.5. The van der Waals surface area contributed by atoms with Crippen LogP contribution in [0.2, 0.25) is 5.02 Å². The van der Waals surface area contributed by atoms with E-state index in [9.17, 15) is 22.8 Å². The van der Waals surface area contributed by atoms with E-state index in [4.69, 9.17) is 30.8 Å². The van der Waals surface area contributed by atoms with Crippen molar-refractivity contribution >= 4 is 49.7 Å². The molecule has 3 fully saturated rings. The van der Waals surface area contributed by atoms with Crippen LogP contribution in [0.15, 0.2) is 12.1 Å². The van der Waals surface area contributed by atoms with E-state index in [1.54, 1.807) is 11.0 Å². The first-order valence-electron chi connectivity index (χ1n) is 16.4. The normalized spacial score (nSPS) is 24.9. The summed E-state index contributed by atoms with van der Waals surface area (Å²) in [6.45, 7) is 1.39. The summed E-state index contributed by atoms with van der Waals surface area (Å²) < 4.78 is 105. The molecule has 50 heavy (non-hydrogen) atoms. The number of hydrogen-bond donors (Lipinski definition) is 0. The van der Waals surface area contributed by atoms with Crippen LogP contribution in [-0.2, 0) is 4.74 Å². The highest BCUT2D eigenvalue weighted by Crippen LogP contribution is 2.52. The third kappa shape index (κ3) is 5.24. The zero-order valence-corrected chi connectivity index (χ0v) is 28.2. The molecule has 264 valence electrons. The molecule has 0 amide bonds. The smallest absolute Gasteiger partial charge is 0.345 e. The average molecular weight is 738 g/mol. The molecule has 0 saturated carbocycles. The molecule has 4 aromatic rings. The van der Waals surface area contributed by atoms with Gasteiger partial charge < -0.3 is 19.1 Å². The molecule has 0 spiro atoms. The summed E-state index contributed by atoms with van der Waals surface area (Å²) in [5, 5.41) is 9.46. The SMILES string of the molecule is C[C@H]1CN2CCCC2(COc2nc3c4c(c(Cl)c(-c5ccc(F)c6sc(C(F)F)c(C#N)c56)c(F)c4n2)OCC2C(OC(F)F)CCCN32)C1. The van der Waals surface area contributed by atoms with Gasteiger partial charge in [0.15, 0.2) is 11.6 Å². The molecule has 0 N–H and O–H groups in total. The number of piperidine rings is 1. The van der Waals surface area contributed by atoms with Crippen LogP contribution < -0.4 is 14.4 Å². The quantitative estimate of drug-likeness (QED) is 0.175. The van der Waals surface area contributed by atoms with E-state index in [-0.39, 0.29) is 73.5 Å². The third-order valence-corrected chi connectivity index (χ3v) is 12.0. The number of fused-ring (bicyclic) bond motifs is 4. The molecule has 0 aliphatic carbocycles. The van der Waals surface area contributed by atoms with Crippen LogP contribution in [0.1, 0.15) is 55.9 Å². The molecule has 2 aromatic heterocycles. The minimum atomic E-state index is -3.09. The van der Waals surface area contributed by atoms with Gasteiger partial charge in [-0.05, 0) is 56.2 Å². The van der Waals surface area contributed by atoms with Crippen molar-refractivity contribution < 1.29 is 40.6 Å². The van der Waals surface area contributed by atoms with Gasteiger partial charge in [0.2, 0.25) is 0 Å². The number of ether oxygens (including phenoxy) is 3. The van der Waals surface area contributed by atoms with Crippen molar-refractivity contribution in [2.45, 2.75) is 69.7 Å². The summed E-state index contributed by atoms with van der Waals surface area (Å²) in [7, 11) is 0. The Balaban J connectivity index is 1.34. The fourth-order valence-electron chi connectivity index (χ4n) is 8.50. The molecule has 4 aliphatic rings. The van der Waals surface area contributed by atoms with Crippen LogP contribution in [-0.4, -0.2) is 72.0 Å². The van der Waals surface area contributed by atoms with Gasteiger partial charge in [0.05, 0.1) is 43.2 Å². The topological polar surface area (TPSA) is 83.7 Å². The van der Waals surface area contributed by atoms with Crippen molar-refractivity contribution in [1.29, 1.82) is 5.26 Å². The Morgan fingerprint density at radius 2 is 1.98 bits per heavy atom. The van der Waals surface area contributed by atoms with Gasteiger partial charge in [-0.25, -0.2) is 17.6 Å². The van der Waals surface area contributed by atoms with Gasteiger partial charge in [-0.2, -0.15) is 24.0 Å². The summed E-state index contributed by atoms with van der Waals surface area (Å²) in [5.41, 5.74) is -1.48. The minimum absolute atomic E-state index is 0.0661. The van der Waals surface area contributed by atoms with Gasteiger partial charge in [-0.1, -0.05) is 24.6 Å². The van der Waals surface area contributed by atoms with Gasteiger partial charge in [0, 0.05) is 24.0 Å². The van der Waals surface area contributed by atoms with Crippen molar-refractivity contribution in [1.82, 2.24) is 14.9 Å². The minimum Gasteiger partial charge on any atom is -0.489 e. The van der Waals surface area contributed by atoms with E-state index in [1.165, 1.54) is 6.07 Å². The lowest BCUT2D eigenvalue weighted by atomic mass is 9.92. The van der Waals surface area contributed by atoms with E-state index in [1.807, 2.05) is 0 Å². The number of anilines is 1. The lowest BCUT2D eigenvalue weighted by molar-refractivity contribution is -0.174. The molecule has 3 saturated heterocycles. The first-order chi connectivity index (χ1) is 24.0. The Hall–Kier alpha value is -3.58. The summed E-state index contributed by atoms with van der Waals surface area (Å²) >= 11 is 7.35. The molecular weight excluding hydrogens is 708 g/mol. The predicted octanol–water partition coefficient (Wildman–Crippen LogP) is 8.47. The van der Waals surface area contributed by atoms with Gasteiger partial charge in [-0.15, -0.1) is 11.3 Å². The van der Waals surface area contributed by atoms with Crippen LogP contribution >= 0.6 is 22.9 Å². The van der Waals surface area contributed by atoms with Crippen LogP contribution in [0.4, 0.5) is 32.2 Å². The molecular formula is C34H30ClF6N5O3S. The summed E-state index contributed by atoms with van der Waals surface area (Å²) in [6.07, 6.45) is -0.461. The monoisotopic (exact) mass is 737 g/mol. The number of rotatable bonds is 7. The number of halogens is 7. The first-order valence-corrected chi connectivity index (χ1v) is 17.6. The number of thiophene rings is 1. The molecule has 8 rings (SSSR count). The number of nitriles is 1. The zero-order chi connectivity index (χ0) is 35.1. The van der Waals surface area contributed by atoms with Gasteiger partial charge in [0.25, 0.3) is 6.43 Å². The second kappa shape index (κ2) is 12.6. The molecule has 0 bridgehead atoms. The Kier molecular flexibility index (Phi) is 8.44. The largest absolute Gasteiger partial charge is 0.489 e. The number of benzene rings is 2. The van der Waals surface area contributed by atoms with Crippen molar-refractivity contribution in [3.63, 3.8) is 0 Å². The average Bonchev–Trinajstić information content (AvgIpc) is 3.71. The maximum atomic E-state index is 17.2. The van der Waals surface area contributed by atoms with E-state index in [0.717, 1.165) is 38.4 Å². The Bertz CT molecular complexity index is 2060. The number of alkyl halides is 4. The van der Waals surface area contributed by atoms with Crippen molar-refractivity contribution in [3.05, 3.63) is 39.2 Å². The predicted molar refractivity (Wildman–Crippen MR) is 175 cm³/mol. The number of nitrogens with zero attached hydrogens (tertiary/aromatic N) is 5. The molecule has 0 radical (unpaired) electrons. The van der Waals surface area contributed by atoms with Gasteiger partial charge in [0.1, 0.15) is 36.4 Å². The molecule has 6 heterocycles. The standard InChI is InChI=1S/C34H30ClF6N5O3S/c1-15-10-34(7-3-8-45(34)12-15)14-48-33-43-26-23-27(47-13-19-20(49-32(40)41)4-2-9-46(19)31(23)44-33)24(35)22(25(26)37)16-5-6-18(36)29-21(16)17(11-42)28(50-29)30(38)39/h5-6,15,19-20,30,32H,2-4,7-10,12-14H2,1H3/t15-,19?,20?,34?/m1/s1. The number of aromatic nitrogens is 2. The summed E-state index contributed by atoms with van der Waals surface area (Å²) in [4.78, 5) is 12.7. The summed E-state index contributed by atoms with van der Waals surface area (Å²) in [5.74, 6) is -1.32. The second-order valence-corrected chi connectivity index (χ2v) is 14.9. The van der Waals surface area contributed by atoms with Crippen LogP contribution in [0.25, 0.3) is 32.1 Å². The molecule has 2 aromatic carbocycles. The Morgan fingerprint density at radius 1 is 1.16 bits per heavy atom. The van der Waals surface area contributed by atoms with Gasteiger partial charge in [-0.3, -0.25) is 4.90 Å². The van der Waals surface area contributed by atoms with Crippen molar-refractivity contribution in [2.75, 3.05) is 37.7 Å². The fourth-order valence-corrected chi connectivity index (χ4v) is 9.88. The van der Waals surface area contributed by atoms with Crippen molar-refractivity contribution in [2.24, 2.45) is 5.92 Å². The second-order valence-electron chi connectivity index (χ2n) is 13.5. The molecule has 4 aliphatic heterocycles. The van der Waals surface area contributed by atoms with E-state index in [2.05, 4.69) is 16.8 Å². The lowest BCUT2D eigenvalue weighted by Gasteiger charge is -2.40. The van der Waals surface area contributed by atoms with Crippen LogP contribution in [0.3, 0.4) is 0 Å². The zero-order valence-electron chi connectivity index (χ0n) is 26.6. The molecule has 16 heteroatoms. The third-order valence-electron chi connectivity index (χ3n) is 10.5. The van der Waals surface area contributed by atoms with Crippen molar-refractivity contribution in [3.8, 4) is 29.0 Å². The van der Waals surface area contributed by atoms with Gasteiger partial charge >= 0.3 is 12.6 Å². The van der Waals surface area contributed by atoms with Crippen LogP contribution in [0, 0.1) is 28.9 Å². The maximum Gasteiger partial charge on any atom is 0.345 e. The molecule has 3 unspecified atom stereocenters. The first kappa shape index (κ1) is 33.6. The van der Waals surface area contributed by atoms with Crippen LogP contribution in [0.5, 0.6) is 11.8 Å². The lowest BCUT2D eigenvalue weighted by Crippen LogP contribution is -2.52. The number of hydrogen-bond acceptors (Lipinski definition) is 9. The van der Waals surface area contributed by atoms with E-state index >= 15 is 8.78 Å². The molecule has 4 atom stereocenters. The maximum absolute atomic E-state index is 17.2. The highest BCUT2D eigenvalue weighted by Gasteiger charge is 2.48. The summed E-state index contributed by atoms with van der Waals surface area (Å²) in [6, 6.07) is 2.97. The fraction of sp³-hybridized carbons (Fsp3) is 0.500. The van der Waals surface area contributed by atoms with E-state index < -0.39 is 47.3 Å². The Morgan fingerprint density at radius 3 is 2.74 bits per heavy atom. The Labute approximate surface area is 291 Å². The van der Waals surface area contributed by atoms with E-state index in [0.29, 0.717) is 36.6 Å². The molecule has 8 nitrogen and oxygen atoms in total.